The van der Waals surface area contributed by atoms with Crippen LogP contribution in [0, 0.1) is 0 Å². The lowest BCUT2D eigenvalue weighted by molar-refractivity contribution is 0.0943. The summed E-state index contributed by atoms with van der Waals surface area (Å²) in [5.41, 5.74) is 6.74. The Morgan fingerprint density at radius 2 is 1.97 bits per heavy atom. The molecule has 0 fully saturated rings. The number of nitrogens with zero attached hydrogens (tertiary/aromatic N) is 4. The van der Waals surface area contributed by atoms with Gasteiger partial charge in [0.15, 0.2) is 5.65 Å². The van der Waals surface area contributed by atoms with E-state index in [4.69, 9.17) is 4.98 Å². The van der Waals surface area contributed by atoms with E-state index in [1.165, 1.54) is 0 Å². The number of carbonyl (C=O) groups excluding carboxylic acids is 1. The zero-order valence-electron chi connectivity index (χ0n) is 18.4. The lowest BCUT2D eigenvalue weighted by Crippen LogP contribution is -2.29. The number of fused-ring (bicyclic) bond motifs is 2. The van der Waals surface area contributed by atoms with E-state index in [1.54, 1.807) is 12.4 Å². The number of aryl methyl sites for hydroxylation is 1. The summed E-state index contributed by atoms with van der Waals surface area (Å²) in [5, 5.41) is 19.0. The minimum Gasteiger partial charge on any atom is -0.411 e. The maximum Gasteiger partial charge on any atom is 0.251 e. The van der Waals surface area contributed by atoms with E-state index in [9.17, 15) is 10.0 Å². The zero-order chi connectivity index (χ0) is 22.9. The van der Waals surface area contributed by atoms with E-state index in [0.717, 1.165) is 52.4 Å². The lowest BCUT2D eigenvalue weighted by atomic mass is 10.1. The molecule has 0 saturated carbocycles. The minimum absolute atomic E-state index is 0.0750. The first-order valence-corrected chi connectivity index (χ1v) is 10.9. The predicted molar refractivity (Wildman–Crippen MR) is 127 cm³/mol. The van der Waals surface area contributed by atoms with Crippen LogP contribution in [0.25, 0.3) is 16.9 Å². The second-order valence-corrected chi connectivity index (χ2v) is 8.36. The molecule has 3 N–H and O–H groups in total. The fourth-order valence-corrected chi connectivity index (χ4v) is 4.14. The summed E-state index contributed by atoms with van der Waals surface area (Å²) < 4.78 is 1.95. The number of hydrogen-bond donors (Lipinski definition) is 3. The quantitative estimate of drug-likeness (QED) is 0.315. The smallest absolute Gasteiger partial charge is 0.251 e. The highest BCUT2D eigenvalue weighted by Gasteiger charge is 2.20. The molecule has 4 aromatic rings. The van der Waals surface area contributed by atoms with Crippen molar-refractivity contribution in [1.29, 1.82) is 0 Å². The highest BCUT2D eigenvalue weighted by Crippen LogP contribution is 2.33. The maximum absolute atomic E-state index is 12.3. The van der Waals surface area contributed by atoms with Crippen LogP contribution in [0.15, 0.2) is 66.2 Å². The highest BCUT2D eigenvalue weighted by atomic mass is 16.4. The van der Waals surface area contributed by atoms with Gasteiger partial charge in [-0.1, -0.05) is 23.4 Å². The molecule has 0 bridgehead atoms. The van der Waals surface area contributed by atoms with Crippen LogP contribution in [0.1, 0.15) is 41.8 Å². The molecule has 0 atom stereocenters. The maximum atomic E-state index is 12.3. The number of carbonyl (C=O) groups is 1. The van der Waals surface area contributed by atoms with Crippen molar-refractivity contribution in [2.75, 3.05) is 5.32 Å². The highest BCUT2D eigenvalue weighted by molar-refractivity contribution is 6.04. The molecule has 0 spiro atoms. The van der Waals surface area contributed by atoms with Crippen molar-refractivity contribution in [3.63, 3.8) is 0 Å². The molecule has 1 amide bonds. The molecule has 2 aromatic heterocycles. The molecule has 0 aliphatic heterocycles. The van der Waals surface area contributed by atoms with E-state index < -0.39 is 0 Å². The number of amides is 1. The average Bonchev–Trinajstić information content (AvgIpc) is 3.40. The van der Waals surface area contributed by atoms with Gasteiger partial charge in [0.2, 0.25) is 0 Å². The molecule has 2 heterocycles. The molecule has 2 aromatic carbocycles. The monoisotopic (exact) mass is 440 g/mol. The Kier molecular flexibility index (Phi) is 5.26. The van der Waals surface area contributed by atoms with E-state index in [1.807, 2.05) is 60.8 Å². The number of aromatic nitrogens is 3. The first kappa shape index (κ1) is 20.7. The predicted octanol–water partition coefficient (Wildman–Crippen LogP) is 4.40. The minimum atomic E-state index is -0.0990. The van der Waals surface area contributed by atoms with Crippen LogP contribution in [0.5, 0.6) is 0 Å². The molecule has 1 aliphatic carbocycles. The molecule has 0 radical (unpaired) electrons. The van der Waals surface area contributed by atoms with Gasteiger partial charge in [0.25, 0.3) is 5.91 Å². The second kappa shape index (κ2) is 8.38. The topological polar surface area (TPSA) is 104 Å². The van der Waals surface area contributed by atoms with E-state index in [-0.39, 0.29) is 11.9 Å². The van der Waals surface area contributed by atoms with Gasteiger partial charge in [-0.3, -0.25) is 14.2 Å². The summed E-state index contributed by atoms with van der Waals surface area (Å²) in [6.45, 7) is 3.87. The molecule has 5 rings (SSSR count). The number of hydrogen-bond acceptors (Lipinski definition) is 6. The van der Waals surface area contributed by atoms with Gasteiger partial charge < -0.3 is 15.8 Å². The Bertz CT molecular complexity index is 1370. The van der Waals surface area contributed by atoms with Crippen LogP contribution in [-0.4, -0.2) is 37.2 Å². The van der Waals surface area contributed by atoms with Gasteiger partial charge in [-0.25, -0.2) is 4.98 Å². The summed E-state index contributed by atoms with van der Waals surface area (Å²) in [7, 11) is 0. The number of rotatable bonds is 5. The van der Waals surface area contributed by atoms with Crippen molar-refractivity contribution < 1.29 is 10.0 Å². The third-order valence-corrected chi connectivity index (χ3v) is 5.70. The number of imidazole rings is 1. The first-order chi connectivity index (χ1) is 16.0. The SMILES string of the molecule is CC(C)NC(=O)c1ccc(-c2nc3cnccn3c2Nc2ccc3c(c2)CC/C3=N\O)cc1. The summed E-state index contributed by atoms with van der Waals surface area (Å²) in [4.78, 5) is 21.3. The third kappa shape index (κ3) is 3.91. The Balaban J connectivity index is 1.52. The van der Waals surface area contributed by atoms with Crippen molar-refractivity contribution >= 4 is 28.8 Å². The van der Waals surface area contributed by atoms with E-state index in [2.05, 4.69) is 26.8 Å². The van der Waals surface area contributed by atoms with Gasteiger partial charge in [-0.05, 0) is 56.5 Å². The molecule has 8 nitrogen and oxygen atoms in total. The summed E-state index contributed by atoms with van der Waals surface area (Å²) in [6.07, 6.45) is 6.87. The Morgan fingerprint density at radius 3 is 2.73 bits per heavy atom. The fourth-order valence-electron chi connectivity index (χ4n) is 4.14. The molecule has 0 saturated heterocycles. The van der Waals surface area contributed by atoms with Crippen LogP contribution < -0.4 is 10.6 Å². The summed E-state index contributed by atoms with van der Waals surface area (Å²) >= 11 is 0. The van der Waals surface area contributed by atoms with Crippen molar-refractivity contribution in [3.05, 3.63) is 77.7 Å². The van der Waals surface area contributed by atoms with Gasteiger partial charge in [0.05, 0.1) is 11.9 Å². The third-order valence-electron chi connectivity index (χ3n) is 5.70. The number of anilines is 2. The fraction of sp³-hybridized carbons (Fsp3) is 0.200. The van der Waals surface area contributed by atoms with E-state index >= 15 is 0 Å². The van der Waals surface area contributed by atoms with Crippen molar-refractivity contribution in [2.45, 2.75) is 32.7 Å². The Morgan fingerprint density at radius 1 is 1.15 bits per heavy atom. The van der Waals surface area contributed by atoms with Crippen LogP contribution in [0.4, 0.5) is 11.5 Å². The standard InChI is InChI=1S/C25H24N6O2/c1-15(2)27-25(32)17-5-3-16(4-6-17)23-24(31-12-11-26-14-22(31)29-23)28-19-8-9-20-18(13-19)7-10-21(20)30-33/h3-6,8-9,11-15,28,33H,7,10H2,1-2H3,(H,27,32)/b30-21+. The zero-order valence-corrected chi connectivity index (χ0v) is 18.4. The van der Waals surface area contributed by atoms with Gasteiger partial charge in [0, 0.05) is 40.8 Å². The molecular weight excluding hydrogens is 416 g/mol. The van der Waals surface area contributed by atoms with Gasteiger partial charge >= 0.3 is 0 Å². The summed E-state index contributed by atoms with van der Waals surface area (Å²) in [6, 6.07) is 13.5. The first-order valence-electron chi connectivity index (χ1n) is 10.9. The number of oxime groups is 1. The van der Waals surface area contributed by atoms with Crippen LogP contribution in [0.2, 0.25) is 0 Å². The number of nitrogens with one attached hydrogen (secondary N) is 2. The van der Waals surface area contributed by atoms with Crippen LogP contribution in [0.3, 0.4) is 0 Å². The largest absolute Gasteiger partial charge is 0.411 e. The number of benzene rings is 2. The average molecular weight is 441 g/mol. The van der Waals surface area contributed by atoms with Crippen LogP contribution >= 0.6 is 0 Å². The Hall–Kier alpha value is -4.20. The molecular formula is C25H24N6O2. The van der Waals surface area contributed by atoms with Crippen molar-refractivity contribution in [1.82, 2.24) is 19.7 Å². The molecule has 166 valence electrons. The van der Waals surface area contributed by atoms with Gasteiger partial charge in [0.1, 0.15) is 11.5 Å². The van der Waals surface area contributed by atoms with Crippen LogP contribution in [-0.2, 0) is 6.42 Å². The molecule has 33 heavy (non-hydrogen) atoms. The normalized spacial score (nSPS) is 14.1. The van der Waals surface area contributed by atoms with Gasteiger partial charge in [-0.15, -0.1) is 0 Å². The van der Waals surface area contributed by atoms with Crippen molar-refractivity contribution in [2.24, 2.45) is 5.16 Å². The lowest BCUT2D eigenvalue weighted by Gasteiger charge is -2.11. The molecule has 1 aliphatic rings. The van der Waals surface area contributed by atoms with Crippen molar-refractivity contribution in [3.8, 4) is 11.3 Å². The van der Waals surface area contributed by atoms with E-state index in [0.29, 0.717) is 11.2 Å². The Labute approximate surface area is 191 Å². The molecule has 8 heteroatoms. The molecule has 0 unspecified atom stereocenters. The summed E-state index contributed by atoms with van der Waals surface area (Å²) in [5.74, 6) is 0.707. The van der Waals surface area contributed by atoms with Gasteiger partial charge in [-0.2, -0.15) is 0 Å². The second-order valence-electron chi connectivity index (χ2n) is 8.36.